The molecule has 0 fully saturated rings. The summed E-state index contributed by atoms with van der Waals surface area (Å²) in [6, 6.07) is 28.1. The van der Waals surface area contributed by atoms with E-state index in [1.807, 2.05) is 91.1 Å². The van der Waals surface area contributed by atoms with Crippen LogP contribution in [0.15, 0.2) is 96.1 Å². The average Bonchev–Trinajstić information content (AvgIpc) is 2.86. The Kier molecular flexibility index (Phi) is 10.7. The van der Waals surface area contributed by atoms with Gasteiger partial charge in [0.05, 0.1) is 5.52 Å². The van der Waals surface area contributed by atoms with Gasteiger partial charge in [-0.15, -0.1) is 12.4 Å². The Balaban J connectivity index is 0.00000342. The van der Waals surface area contributed by atoms with Crippen LogP contribution < -0.4 is 16.0 Å². The van der Waals surface area contributed by atoms with E-state index in [9.17, 15) is 0 Å². The van der Waals surface area contributed by atoms with Crippen LogP contribution in [0.4, 0.5) is 17.1 Å². The Bertz CT molecular complexity index is 1160. The molecule has 7 heteroatoms. The number of nitrogens with zero attached hydrogens (tertiary/aromatic N) is 2. The average molecular weight is 508 g/mol. The first-order chi connectivity index (χ1) is 16.8. The van der Waals surface area contributed by atoms with Gasteiger partial charge in [0.1, 0.15) is 0 Å². The molecule has 0 spiro atoms. The number of rotatable bonds is 10. The number of hydrogen-bond donors (Lipinski definition) is 3. The van der Waals surface area contributed by atoms with E-state index in [2.05, 4.69) is 20.9 Å². The summed E-state index contributed by atoms with van der Waals surface area (Å²) >= 11 is 6.08. The van der Waals surface area contributed by atoms with Gasteiger partial charge in [0.15, 0.2) is 5.96 Å². The van der Waals surface area contributed by atoms with Crippen molar-refractivity contribution in [2.75, 3.05) is 29.0 Å². The smallest absolute Gasteiger partial charge is 0.200 e. The number of aliphatic imine (C=N–C) groups is 1. The second-order valence-electron chi connectivity index (χ2n) is 8.07. The molecule has 0 unspecified atom stereocenters. The predicted molar refractivity (Wildman–Crippen MR) is 153 cm³/mol. The lowest BCUT2D eigenvalue weighted by Gasteiger charge is -2.13. The zero-order valence-corrected chi connectivity index (χ0v) is 21.2. The van der Waals surface area contributed by atoms with Crippen molar-refractivity contribution in [1.29, 1.82) is 0 Å². The van der Waals surface area contributed by atoms with Gasteiger partial charge in [-0.3, -0.25) is 9.98 Å². The lowest BCUT2D eigenvalue weighted by atomic mass is 10.1. The standard InChI is InChI=1S/C28H30ClN5.ClH/c29-22-15-16-25-26(17-20-31-27(25)21-22)30-18-9-1-2-10-19-32-28(33-23-11-5-3-6-12-23)34-24-13-7-4-8-14-24;/h3-8,11-17,20-21H,1-2,9-10,18-19H2,(H,30,31)(H2,32,33,34);1H. The van der Waals surface area contributed by atoms with E-state index in [0.717, 1.165) is 72.7 Å². The van der Waals surface area contributed by atoms with Gasteiger partial charge in [0.2, 0.25) is 0 Å². The molecule has 1 aromatic heterocycles. The van der Waals surface area contributed by atoms with Crippen LogP contribution in [-0.2, 0) is 0 Å². The van der Waals surface area contributed by atoms with Crippen LogP contribution in [0.1, 0.15) is 25.7 Å². The Morgan fingerprint density at radius 3 is 2.11 bits per heavy atom. The van der Waals surface area contributed by atoms with Crippen LogP contribution >= 0.6 is 24.0 Å². The molecule has 3 aromatic carbocycles. The van der Waals surface area contributed by atoms with Crippen molar-refractivity contribution in [1.82, 2.24) is 4.98 Å². The zero-order chi connectivity index (χ0) is 23.4. The summed E-state index contributed by atoms with van der Waals surface area (Å²) in [5.41, 5.74) is 4.05. The van der Waals surface area contributed by atoms with Crippen molar-refractivity contribution in [3.63, 3.8) is 0 Å². The van der Waals surface area contributed by atoms with Crippen LogP contribution in [-0.4, -0.2) is 24.0 Å². The molecule has 0 bridgehead atoms. The molecule has 35 heavy (non-hydrogen) atoms. The number of para-hydroxylation sites is 2. The Hall–Kier alpha value is -3.28. The summed E-state index contributed by atoms with van der Waals surface area (Å²) in [5.74, 6) is 0.767. The molecule has 0 aliphatic rings. The van der Waals surface area contributed by atoms with Gasteiger partial charge in [0, 0.05) is 46.8 Å². The number of aromatic nitrogens is 1. The minimum absolute atomic E-state index is 0. The van der Waals surface area contributed by atoms with Crippen molar-refractivity contribution in [2.24, 2.45) is 4.99 Å². The molecule has 4 rings (SSSR count). The quantitative estimate of drug-likeness (QED) is 0.116. The molecule has 0 atom stereocenters. The largest absolute Gasteiger partial charge is 0.384 e. The van der Waals surface area contributed by atoms with Crippen molar-refractivity contribution < 1.29 is 0 Å². The Labute approximate surface area is 218 Å². The molecular weight excluding hydrogens is 477 g/mol. The number of guanidine groups is 1. The maximum atomic E-state index is 6.08. The number of fused-ring (bicyclic) bond motifs is 1. The second kappa shape index (κ2) is 14.2. The SMILES string of the molecule is Cl.Clc1ccc2c(NCCCCCCN=C(Nc3ccccc3)Nc3ccccc3)ccnc2c1. The van der Waals surface area contributed by atoms with Crippen LogP contribution in [0.3, 0.4) is 0 Å². The molecule has 0 saturated heterocycles. The van der Waals surface area contributed by atoms with Gasteiger partial charge in [-0.2, -0.15) is 0 Å². The number of nitrogens with one attached hydrogen (secondary N) is 3. The number of benzene rings is 3. The van der Waals surface area contributed by atoms with Crippen molar-refractivity contribution in [2.45, 2.75) is 25.7 Å². The lowest BCUT2D eigenvalue weighted by molar-refractivity contribution is 0.662. The van der Waals surface area contributed by atoms with Crippen LogP contribution in [0.2, 0.25) is 5.02 Å². The van der Waals surface area contributed by atoms with E-state index in [-0.39, 0.29) is 12.4 Å². The van der Waals surface area contributed by atoms with Crippen LogP contribution in [0.25, 0.3) is 10.9 Å². The molecule has 182 valence electrons. The van der Waals surface area contributed by atoms with E-state index >= 15 is 0 Å². The molecular formula is C28H31Cl2N5. The third kappa shape index (κ3) is 8.46. The van der Waals surface area contributed by atoms with Gasteiger partial charge in [0.25, 0.3) is 0 Å². The first kappa shape index (κ1) is 26.3. The normalized spacial score (nSPS) is 10.3. The zero-order valence-electron chi connectivity index (χ0n) is 19.6. The maximum Gasteiger partial charge on any atom is 0.200 e. The molecule has 0 radical (unpaired) electrons. The van der Waals surface area contributed by atoms with Crippen LogP contribution in [0, 0.1) is 0 Å². The highest BCUT2D eigenvalue weighted by atomic mass is 35.5. The fourth-order valence-electron chi connectivity index (χ4n) is 3.71. The van der Waals surface area contributed by atoms with Gasteiger partial charge < -0.3 is 16.0 Å². The summed E-state index contributed by atoms with van der Waals surface area (Å²) < 4.78 is 0. The molecule has 0 aliphatic heterocycles. The van der Waals surface area contributed by atoms with Gasteiger partial charge in [-0.25, -0.2) is 0 Å². The minimum Gasteiger partial charge on any atom is -0.384 e. The first-order valence-corrected chi connectivity index (χ1v) is 12.1. The van der Waals surface area contributed by atoms with E-state index in [1.54, 1.807) is 0 Å². The monoisotopic (exact) mass is 507 g/mol. The molecule has 0 amide bonds. The van der Waals surface area contributed by atoms with Crippen molar-refractivity contribution in [3.8, 4) is 0 Å². The fourth-order valence-corrected chi connectivity index (χ4v) is 3.87. The van der Waals surface area contributed by atoms with Gasteiger partial charge in [-0.05, 0) is 61.4 Å². The topological polar surface area (TPSA) is 61.3 Å². The second-order valence-corrected chi connectivity index (χ2v) is 8.51. The molecule has 3 N–H and O–H groups in total. The number of hydrogen-bond acceptors (Lipinski definition) is 3. The molecule has 1 heterocycles. The van der Waals surface area contributed by atoms with E-state index in [4.69, 9.17) is 16.6 Å². The maximum absolute atomic E-state index is 6.08. The summed E-state index contributed by atoms with van der Waals surface area (Å²) in [6.07, 6.45) is 6.28. The Morgan fingerprint density at radius 2 is 1.43 bits per heavy atom. The highest BCUT2D eigenvalue weighted by molar-refractivity contribution is 6.31. The van der Waals surface area contributed by atoms with E-state index in [0.29, 0.717) is 5.02 Å². The lowest BCUT2D eigenvalue weighted by Crippen LogP contribution is -2.22. The van der Waals surface area contributed by atoms with E-state index in [1.165, 1.54) is 0 Å². The number of pyridine rings is 1. The Morgan fingerprint density at radius 1 is 0.771 bits per heavy atom. The van der Waals surface area contributed by atoms with E-state index < -0.39 is 0 Å². The van der Waals surface area contributed by atoms with Gasteiger partial charge in [-0.1, -0.05) is 60.8 Å². The summed E-state index contributed by atoms with van der Waals surface area (Å²) in [7, 11) is 0. The van der Waals surface area contributed by atoms with Crippen LogP contribution in [0.5, 0.6) is 0 Å². The third-order valence-electron chi connectivity index (χ3n) is 5.45. The summed E-state index contributed by atoms with van der Waals surface area (Å²) in [4.78, 5) is 9.18. The molecule has 4 aromatic rings. The summed E-state index contributed by atoms with van der Waals surface area (Å²) in [6.45, 7) is 1.71. The summed E-state index contributed by atoms with van der Waals surface area (Å²) in [5, 5.41) is 12.1. The number of anilines is 3. The van der Waals surface area contributed by atoms with Gasteiger partial charge >= 0.3 is 0 Å². The first-order valence-electron chi connectivity index (χ1n) is 11.7. The highest BCUT2D eigenvalue weighted by Gasteiger charge is 2.03. The number of halogens is 2. The minimum atomic E-state index is 0. The molecule has 0 saturated carbocycles. The van der Waals surface area contributed by atoms with Crippen molar-refractivity contribution in [3.05, 3.63) is 96.1 Å². The third-order valence-corrected chi connectivity index (χ3v) is 5.68. The molecule has 0 aliphatic carbocycles. The van der Waals surface area contributed by atoms with Crippen molar-refractivity contribution >= 4 is 57.9 Å². The predicted octanol–water partition coefficient (Wildman–Crippen LogP) is 7.86. The highest BCUT2D eigenvalue weighted by Crippen LogP contribution is 2.24. The molecule has 5 nitrogen and oxygen atoms in total. The number of unbranched alkanes of at least 4 members (excludes halogenated alkanes) is 3. The fraction of sp³-hybridized carbons (Fsp3) is 0.214.